The highest BCUT2D eigenvalue weighted by Crippen LogP contribution is 2.20. The standard InChI is InChI=1S/C25H26N2O2.C2H2O4/c1-29-24-13-7-20(8-14-24)19-26-15-17-27(18-16-26)25(28)23-11-9-22(10-12-23)21-5-3-2-4-6-21;3-1(4)2(5)6/h2-14H,15-19H2,1H3;(H,3,4)(H,5,6). The van der Waals surface area contributed by atoms with E-state index >= 15 is 0 Å². The van der Waals surface area contributed by atoms with Crippen molar-refractivity contribution in [2.45, 2.75) is 6.54 Å². The second-order valence-electron chi connectivity index (χ2n) is 7.97. The molecule has 1 aliphatic rings. The molecule has 2 N–H and O–H groups in total. The van der Waals surface area contributed by atoms with Crippen LogP contribution < -0.4 is 4.74 Å². The highest BCUT2D eigenvalue weighted by atomic mass is 16.5. The third-order valence-electron chi connectivity index (χ3n) is 5.65. The summed E-state index contributed by atoms with van der Waals surface area (Å²) in [7, 11) is 1.68. The van der Waals surface area contributed by atoms with Gasteiger partial charge in [0.2, 0.25) is 0 Å². The van der Waals surface area contributed by atoms with Gasteiger partial charge in [-0.05, 0) is 41.0 Å². The maximum absolute atomic E-state index is 12.9. The highest BCUT2D eigenvalue weighted by molar-refractivity contribution is 6.27. The Morgan fingerprint density at radius 2 is 1.29 bits per heavy atom. The summed E-state index contributed by atoms with van der Waals surface area (Å²) in [5, 5.41) is 14.8. The minimum absolute atomic E-state index is 0.119. The molecule has 8 nitrogen and oxygen atoms in total. The molecule has 0 radical (unpaired) electrons. The molecular formula is C27H28N2O6. The summed E-state index contributed by atoms with van der Waals surface area (Å²) in [5.74, 6) is -2.65. The summed E-state index contributed by atoms with van der Waals surface area (Å²) in [6, 6.07) is 26.4. The number of methoxy groups -OCH3 is 1. The van der Waals surface area contributed by atoms with Crippen molar-refractivity contribution in [3.8, 4) is 16.9 Å². The largest absolute Gasteiger partial charge is 0.497 e. The Morgan fingerprint density at radius 1 is 0.743 bits per heavy atom. The molecule has 35 heavy (non-hydrogen) atoms. The summed E-state index contributed by atoms with van der Waals surface area (Å²) >= 11 is 0. The predicted molar refractivity (Wildman–Crippen MR) is 131 cm³/mol. The van der Waals surface area contributed by atoms with E-state index in [4.69, 9.17) is 24.5 Å². The van der Waals surface area contributed by atoms with Gasteiger partial charge < -0.3 is 19.8 Å². The zero-order valence-electron chi connectivity index (χ0n) is 19.5. The number of ether oxygens (including phenoxy) is 1. The van der Waals surface area contributed by atoms with Gasteiger partial charge in [-0.15, -0.1) is 0 Å². The summed E-state index contributed by atoms with van der Waals surface area (Å²) in [5.41, 5.74) is 4.32. The van der Waals surface area contributed by atoms with Gasteiger partial charge in [-0.3, -0.25) is 9.69 Å². The average molecular weight is 477 g/mol. The lowest BCUT2D eigenvalue weighted by molar-refractivity contribution is -0.159. The van der Waals surface area contributed by atoms with E-state index in [0.717, 1.165) is 49.6 Å². The van der Waals surface area contributed by atoms with Gasteiger partial charge in [0.1, 0.15) is 5.75 Å². The molecule has 182 valence electrons. The number of carboxylic acid groups (broad SMARTS) is 2. The fourth-order valence-corrected chi connectivity index (χ4v) is 3.72. The van der Waals surface area contributed by atoms with E-state index in [9.17, 15) is 4.79 Å². The third kappa shape index (κ3) is 7.41. The van der Waals surface area contributed by atoms with Crippen LogP contribution in [-0.2, 0) is 16.1 Å². The third-order valence-corrected chi connectivity index (χ3v) is 5.65. The molecule has 3 aromatic carbocycles. The van der Waals surface area contributed by atoms with Gasteiger partial charge in [0, 0.05) is 38.3 Å². The van der Waals surface area contributed by atoms with E-state index in [1.807, 2.05) is 59.5 Å². The summed E-state index contributed by atoms with van der Waals surface area (Å²) < 4.78 is 5.22. The predicted octanol–water partition coefficient (Wildman–Crippen LogP) is 3.48. The van der Waals surface area contributed by atoms with Crippen LogP contribution in [0.1, 0.15) is 15.9 Å². The number of benzene rings is 3. The Morgan fingerprint density at radius 3 is 1.80 bits per heavy atom. The topological polar surface area (TPSA) is 107 Å². The Balaban J connectivity index is 0.000000509. The Kier molecular flexibility index (Phi) is 8.97. The summed E-state index contributed by atoms with van der Waals surface area (Å²) in [4.78, 5) is 35.4. The van der Waals surface area contributed by atoms with Gasteiger partial charge in [0.05, 0.1) is 7.11 Å². The minimum Gasteiger partial charge on any atom is -0.497 e. The first-order valence-electron chi connectivity index (χ1n) is 11.1. The Bertz CT molecular complexity index is 1110. The quantitative estimate of drug-likeness (QED) is 0.543. The zero-order valence-corrected chi connectivity index (χ0v) is 19.5. The van der Waals surface area contributed by atoms with Crippen LogP contribution in [0.2, 0.25) is 0 Å². The van der Waals surface area contributed by atoms with Crippen LogP contribution in [0, 0.1) is 0 Å². The molecule has 0 saturated carbocycles. The Labute approximate surface area is 204 Å². The lowest BCUT2D eigenvalue weighted by atomic mass is 10.0. The van der Waals surface area contributed by atoms with Crippen molar-refractivity contribution in [3.63, 3.8) is 0 Å². The van der Waals surface area contributed by atoms with Gasteiger partial charge in [-0.1, -0.05) is 54.6 Å². The highest BCUT2D eigenvalue weighted by Gasteiger charge is 2.22. The fourth-order valence-electron chi connectivity index (χ4n) is 3.72. The number of hydrogen-bond donors (Lipinski definition) is 2. The number of hydrogen-bond acceptors (Lipinski definition) is 5. The summed E-state index contributed by atoms with van der Waals surface area (Å²) in [6.45, 7) is 4.20. The Hall–Kier alpha value is -4.17. The molecule has 0 bridgehead atoms. The van der Waals surface area contributed by atoms with Crippen molar-refractivity contribution in [2.24, 2.45) is 0 Å². The SMILES string of the molecule is COc1ccc(CN2CCN(C(=O)c3ccc(-c4ccccc4)cc3)CC2)cc1.O=C(O)C(=O)O. The molecule has 0 atom stereocenters. The fraction of sp³-hybridized carbons (Fsp3) is 0.222. The van der Waals surface area contributed by atoms with Crippen LogP contribution in [0.15, 0.2) is 78.9 Å². The first-order chi connectivity index (χ1) is 16.9. The molecule has 1 fully saturated rings. The molecule has 0 aromatic heterocycles. The average Bonchev–Trinajstić information content (AvgIpc) is 2.90. The zero-order chi connectivity index (χ0) is 25.2. The number of piperazine rings is 1. The van der Waals surface area contributed by atoms with Crippen molar-refractivity contribution in [1.82, 2.24) is 9.80 Å². The van der Waals surface area contributed by atoms with E-state index in [0.29, 0.717) is 0 Å². The lowest BCUT2D eigenvalue weighted by Gasteiger charge is -2.34. The smallest absolute Gasteiger partial charge is 0.414 e. The van der Waals surface area contributed by atoms with E-state index in [1.165, 1.54) is 11.1 Å². The first-order valence-corrected chi connectivity index (χ1v) is 11.1. The first kappa shape index (κ1) is 25.5. The molecule has 0 spiro atoms. The number of aliphatic carboxylic acids is 2. The van der Waals surface area contributed by atoms with Crippen LogP contribution in [-0.4, -0.2) is 71.1 Å². The maximum atomic E-state index is 12.9. The number of amides is 1. The summed E-state index contributed by atoms with van der Waals surface area (Å²) in [6.07, 6.45) is 0. The molecule has 0 aliphatic carbocycles. The molecule has 1 amide bonds. The number of carboxylic acids is 2. The molecular weight excluding hydrogens is 448 g/mol. The van der Waals surface area contributed by atoms with Gasteiger partial charge in [0.15, 0.2) is 0 Å². The van der Waals surface area contributed by atoms with Crippen LogP contribution in [0.4, 0.5) is 0 Å². The number of carbonyl (C=O) groups excluding carboxylic acids is 1. The molecule has 1 saturated heterocycles. The van der Waals surface area contributed by atoms with Crippen molar-refractivity contribution < 1.29 is 29.3 Å². The van der Waals surface area contributed by atoms with Gasteiger partial charge >= 0.3 is 11.9 Å². The van der Waals surface area contributed by atoms with Crippen LogP contribution >= 0.6 is 0 Å². The van der Waals surface area contributed by atoms with E-state index in [-0.39, 0.29) is 5.91 Å². The van der Waals surface area contributed by atoms with Crippen molar-refractivity contribution >= 4 is 17.8 Å². The van der Waals surface area contributed by atoms with Crippen molar-refractivity contribution in [1.29, 1.82) is 0 Å². The van der Waals surface area contributed by atoms with Crippen LogP contribution in [0.3, 0.4) is 0 Å². The normalized spacial score (nSPS) is 13.3. The number of nitrogens with zero attached hydrogens (tertiary/aromatic N) is 2. The van der Waals surface area contributed by atoms with Gasteiger partial charge in [-0.2, -0.15) is 0 Å². The van der Waals surface area contributed by atoms with Crippen LogP contribution in [0.25, 0.3) is 11.1 Å². The van der Waals surface area contributed by atoms with E-state index in [1.54, 1.807) is 7.11 Å². The van der Waals surface area contributed by atoms with E-state index in [2.05, 4.69) is 29.2 Å². The molecule has 1 heterocycles. The monoisotopic (exact) mass is 476 g/mol. The van der Waals surface area contributed by atoms with Crippen molar-refractivity contribution in [3.05, 3.63) is 90.0 Å². The minimum atomic E-state index is -1.82. The number of rotatable bonds is 5. The second kappa shape index (κ2) is 12.3. The van der Waals surface area contributed by atoms with Gasteiger partial charge in [-0.25, -0.2) is 9.59 Å². The van der Waals surface area contributed by atoms with E-state index < -0.39 is 11.9 Å². The van der Waals surface area contributed by atoms with Gasteiger partial charge in [0.25, 0.3) is 5.91 Å². The molecule has 3 aromatic rings. The molecule has 8 heteroatoms. The molecule has 0 unspecified atom stereocenters. The van der Waals surface area contributed by atoms with Crippen LogP contribution in [0.5, 0.6) is 5.75 Å². The van der Waals surface area contributed by atoms with Crippen molar-refractivity contribution in [2.75, 3.05) is 33.3 Å². The molecule has 1 aliphatic heterocycles. The maximum Gasteiger partial charge on any atom is 0.414 e. The second-order valence-corrected chi connectivity index (χ2v) is 7.97. The number of carbonyl (C=O) groups is 3. The lowest BCUT2D eigenvalue weighted by Crippen LogP contribution is -2.48. The molecule has 4 rings (SSSR count).